The lowest BCUT2D eigenvalue weighted by atomic mass is 10.0. The van der Waals surface area contributed by atoms with Crippen LogP contribution in [0.3, 0.4) is 0 Å². The van der Waals surface area contributed by atoms with E-state index in [4.69, 9.17) is 9.26 Å². The second-order valence-corrected chi connectivity index (χ2v) is 5.06. The summed E-state index contributed by atoms with van der Waals surface area (Å²) in [6, 6.07) is 10.0. The molecule has 0 spiro atoms. The maximum Gasteiger partial charge on any atom is 0.252 e. The number of hydrogen-bond donors (Lipinski definition) is 1. The molecule has 7 nitrogen and oxygen atoms in total. The number of aromatic nitrogens is 3. The number of methoxy groups -OCH3 is 1. The summed E-state index contributed by atoms with van der Waals surface area (Å²) in [5.74, 6) is 1.14. The lowest BCUT2D eigenvalue weighted by molar-refractivity contribution is 0.0940. The predicted molar refractivity (Wildman–Crippen MR) is 85.6 cm³/mol. The Balaban J connectivity index is 1.98. The number of rotatable bonds is 5. The molecule has 0 radical (unpaired) electrons. The van der Waals surface area contributed by atoms with Crippen molar-refractivity contribution in [3.8, 4) is 5.75 Å². The molecule has 24 heavy (non-hydrogen) atoms. The Morgan fingerprint density at radius 3 is 2.62 bits per heavy atom. The number of nitrogens with zero attached hydrogens (tertiary/aromatic N) is 3. The van der Waals surface area contributed by atoms with E-state index >= 15 is 0 Å². The van der Waals surface area contributed by atoms with E-state index in [9.17, 15) is 4.79 Å². The molecule has 2 aromatic heterocycles. The largest absolute Gasteiger partial charge is 0.496 e. The summed E-state index contributed by atoms with van der Waals surface area (Å²) in [4.78, 5) is 20.7. The molecule has 7 heteroatoms. The molecule has 0 fully saturated rings. The fourth-order valence-corrected chi connectivity index (χ4v) is 2.34. The number of amides is 1. The Bertz CT molecular complexity index is 833. The van der Waals surface area contributed by atoms with Crippen LogP contribution in [-0.4, -0.2) is 28.1 Å². The van der Waals surface area contributed by atoms with Crippen LogP contribution in [0.1, 0.15) is 33.7 Å². The fraction of sp³-hybridized carbons (Fsp3) is 0.176. The summed E-state index contributed by atoms with van der Waals surface area (Å²) in [5, 5.41) is 6.87. The van der Waals surface area contributed by atoms with Gasteiger partial charge in [-0.3, -0.25) is 9.78 Å². The quantitative estimate of drug-likeness (QED) is 0.774. The van der Waals surface area contributed by atoms with Gasteiger partial charge < -0.3 is 14.6 Å². The van der Waals surface area contributed by atoms with E-state index in [-0.39, 0.29) is 5.91 Å². The predicted octanol–water partition coefficient (Wildman–Crippen LogP) is 2.30. The minimum atomic E-state index is -0.598. The van der Waals surface area contributed by atoms with E-state index < -0.39 is 6.04 Å². The highest BCUT2D eigenvalue weighted by molar-refractivity contribution is 5.94. The Morgan fingerprint density at radius 1 is 1.21 bits per heavy atom. The van der Waals surface area contributed by atoms with E-state index in [1.807, 2.05) is 24.3 Å². The molecule has 0 saturated heterocycles. The first kappa shape index (κ1) is 15.7. The first-order valence-electron chi connectivity index (χ1n) is 7.33. The Morgan fingerprint density at radius 2 is 1.96 bits per heavy atom. The molecule has 0 aliphatic carbocycles. The van der Waals surface area contributed by atoms with E-state index in [0.717, 1.165) is 5.56 Å². The number of pyridine rings is 1. The highest BCUT2D eigenvalue weighted by Crippen LogP contribution is 2.28. The number of nitrogens with one attached hydrogen (secondary N) is 1. The molecule has 0 aliphatic rings. The monoisotopic (exact) mass is 324 g/mol. The smallest absolute Gasteiger partial charge is 0.252 e. The number of carbonyl (C=O) groups excluding carboxylic acids is 1. The van der Waals surface area contributed by atoms with Crippen molar-refractivity contribution in [1.29, 1.82) is 0 Å². The van der Waals surface area contributed by atoms with Gasteiger partial charge in [-0.05, 0) is 18.2 Å². The summed E-state index contributed by atoms with van der Waals surface area (Å²) in [5.41, 5.74) is 1.23. The summed E-state index contributed by atoms with van der Waals surface area (Å²) in [7, 11) is 1.57. The van der Waals surface area contributed by atoms with Gasteiger partial charge in [-0.15, -0.1) is 0 Å². The minimum Gasteiger partial charge on any atom is -0.496 e. The molecule has 3 rings (SSSR count). The van der Waals surface area contributed by atoms with Crippen LogP contribution in [0.5, 0.6) is 5.75 Å². The Labute approximate surface area is 138 Å². The van der Waals surface area contributed by atoms with Crippen molar-refractivity contribution < 1.29 is 14.1 Å². The number of ether oxygens (including phenoxy) is 1. The van der Waals surface area contributed by atoms with Gasteiger partial charge in [0.15, 0.2) is 5.82 Å². The van der Waals surface area contributed by atoms with Crippen molar-refractivity contribution in [2.45, 2.75) is 13.0 Å². The molecular formula is C17H16N4O3. The normalized spacial score (nSPS) is 11.8. The molecule has 0 aliphatic heterocycles. The van der Waals surface area contributed by atoms with Crippen LogP contribution in [0.25, 0.3) is 0 Å². The number of carbonyl (C=O) groups is 1. The standard InChI is InChI=1S/C17H16N4O3/c1-11-19-16(21-24-11)15(13-5-3-4-6-14(13)23-2)20-17(22)12-7-9-18-10-8-12/h3-10,15H,1-2H3,(H,20,22). The number of hydrogen-bond acceptors (Lipinski definition) is 6. The summed E-state index contributed by atoms with van der Waals surface area (Å²) in [6.45, 7) is 1.69. The molecule has 1 N–H and O–H groups in total. The van der Waals surface area contributed by atoms with Crippen LogP contribution in [0.15, 0.2) is 53.3 Å². The molecule has 3 aromatic rings. The zero-order chi connectivity index (χ0) is 16.9. The van der Waals surface area contributed by atoms with Gasteiger partial charge in [-0.1, -0.05) is 23.4 Å². The number of aryl methyl sites for hydroxylation is 1. The maximum atomic E-state index is 12.5. The van der Waals surface area contributed by atoms with Gasteiger partial charge in [0.25, 0.3) is 5.91 Å². The van der Waals surface area contributed by atoms with Crippen LogP contribution < -0.4 is 10.1 Å². The SMILES string of the molecule is COc1ccccc1C(NC(=O)c1ccncc1)c1noc(C)n1. The summed E-state index contributed by atoms with van der Waals surface area (Å²) < 4.78 is 10.5. The highest BCUT2D eigenvalue weighted by atomic mass is 16.5. The first-order chi connectivity index (χ1) is 11.7. The minimum absolute atomic E-state index is 0.268. The van der Waals surface area contributed by atoms with E-state index in [1.54, 1.807) is 38.6 Å². The molecule has 2 heterocycles. The Kier molecular flexibility index (Phi) is 4.51. The van der Waals surface area contributed by atoms with Gasteiger partial charge >= 0.3 is 0 Å². The molecular weight excluding hydrogens is 308 g/mol. The number of para-hydroxylation sites is 1. The lowest BCUT2D eigenvalue weighted by Crippen LogP contribution is -2.30. The van der Waals surface area contributed by atoms with Crippen LogP contribution in [0, 0.1) is 6.92 Å². The molecule has 1 unspecified atom stereocenters. The van der Waals surface area contributed by atoms with E-state index in [1.165, 1.54) is 0 Å². The molecule has 1 atom stereocenters. The first-order valence-corrected chi connectivity index (χ1v) is 7.33. The molecule has 0 bridgehead atoms. The zero-order valence-corrected chi connectivity index (χ0v) is 13.3. The third-order valence-electron chi connectivity index (χ3n) is 3.47. The third kappa shape index (κ3) is 3.24. The van der Waals surface area contributed by atoms with Crippen molar-refractivity contribution in [1.82, 2.24) is 20.4 Å². The van der Waals surface area contributed by atoms with Crippen LogP contribution in [0.4, 0.5) is 0 Å². The van der Waals surface area contributed by atoms with Crippen LogP contribution in [-0.2, 0) is 0 Å². The van der Waals surface area contributed by atoms with Crippen molar-refractivity contribution in [2.24, 2.45) is 0 Å². The van der Waals surface area contributed by atoms with Gasteiger partial charge in [0.2, 0.25) is 5.89 Å². The van der Waals surface area contributed by atoms with Crippen molar-refractivity contribution in [3.05, 3.63) is 71.6 Å². The molecule has 1 aromatic carbocycles. The maximum absolute atomic E-state index is 12.5. The van der Waals surface area contributed by atoms with Crippen molar-refractivity contribution in [2.75, 3.05) is 7.11 Å². The van der Waals surface area contributed by atoms with E-state index in [2.05, 4.69) is 20.4 Å². The van der Waals surface area contributed by atoms with E-state index in [0.29, 0.717) is 23.0 Å². The fourth-order valence-electron chi connectivity index (χ4n) is 2.34. The molecule has 1 amide bonds. The van der Waals surface area contributed by atoms with Gasteiger partial charge in [-0.25, -0.2) is 0 Å². The van der Waals surface area contributed by atoms with Gasteiger partial charge in [0, 0.05) is 30.4 Å². The average Bonchev–Trinajstić information content (AvgIpc) is 3.06. The topological polar surface area (TPSA) is 90.1 Å². The van der Waals surface area contributed by atoms with Crippen LogP contribution >= 0.6 is 0 Å². The third-order valence-corrected chi connectivity index (χ3v) is 3.47. The van der Waals surface area contributed by atoms with Crippen molar-refractivity contribution >= 4 is 5.91 Å². The zero-order valence-electron chi connectivity index (χ0n) is 13.3. The molecule has 122 valence electrons. The number of benzene rings is 1. The second-order valence-electron chi connectivity index (χ2n) is 5.06. The summed E-state index contributed by atoms with van der Waals surface area (Å²) in [6.07, 6.45) is 3.12. The molecule has 0 saturated carbocycles. The second kappa shape index (κ2) is 6.91. The van der Waals surface area contributed by atoms with Crippen molar-refractivity contribution in [3.63, 3.8) is 0 Å². The van der Waals surface area contributed by atoms with Gasteiger partial charge in [0.1, 0.15) is 11.8 Å². The van der Waals surface area contributed by atoms with Gasteiger partial charge in [-0.2, -0.15) is 4.98 Å². The van der Waals surface area contributed by atoms with Crippen LogP contribution in [0.2, 0.25) is 0 Å². The lowest BCUT2D eigenvalue weighted by Gasteiger charge is -2.18. The highest BCUT2D eigenvalue weighted by Gasteiger charge is 2.25. The summed E-state index contributed by atoms with van der Waals surface area (Å²) >= 11 is 0. The van der Waals surface area contributed by atoms with Gasteiger partial charge in [0.05, 0.1) is 7.11 Å². The Hall–Kier alpha value is -3.22. The average molecular weight is 324 g/mol.